The Hall–Kier alpha value is 0.274. The minimum atomic E-state index is -2.14. The van der Waals surface area contributed by atoms with Gasteiger partial charge in [0, 0.05) is 27.0 Å². The highest BCUT2D eigenvalue weighted by atomic mass is 28.4. The minimum Gasteiger partial charge on any atom is -0.418 e. The molecule has 0 saturated carbocycles. The average Bonchev–Trinajstić information content (AvgIpc) is 2.33. The van der Waals surface area contributed by atoms with Crippen LogP contribution in [0.25, 0.3) is 0 Å². The molecule has 0 aromatic rings. The lowest BCUT2D eigenvalue weighted by molar-refractivity contribution is 0.240. The second-order valence-corrected chi connectivity index (χ2v) is 12.3. The second kappa shape index (κ2) is 6.77. The van der Waals surface area contributed by atoms with Gasteiger partial charge in [-0.15, -0.1) is 0 Å². The van der Waals surface area contributed by atoms with Crippen LogP contribution in [0.15, 0.2) is 0 Å². The lowest BCUT2D eigenvalue weighted by atomic mass is 11.0. The number of aliphatic hydroxyl groups is 1. The first-order chi connectivity index (χ1) is 7.07. The topological polar surface area (TPSA) is 47.9 Å². The van der Waals surface area contributed by atoms with E-state index in [0.29, 0.717) is 0 Å². The maximum absolute atomic E-state index is 9.47. The Bertz CT molecular complexity index is 135. The molecule has 1 N–H and O–H groups in total. The predicted octanol–water partition coefficient (Wildman–Crippen LogP) is 1.42. The predicted molar refractivity (Wildman–Crippen MR) is 65.4 cm³/mol. The molecule has 0 saturated heterocycles. The summed E-state index contributed by atoms with van der Waals surface area (Å²) in [6.45, 7) is 4.13. The maximum atomic E-state index is 9.47. The monoisotopic (exact) mass is 252 g/mol. The SMILES string of the molecule is CC[Si](CO)(C[Si](CC)(OC)OC)OC. The van der Waals surface area contributed by atoms with E-state index >= 15 is 0 Å². The van der Waals surface area contributed by atoms with Gasteiger partial charge in [-0.05, 0) is 12.1 Å². The van der Waals surface area contributed by atoms with Crippen molar-refractivity contribution < 1.29 is 18.4 Å². The Morgan fingerprint density at radius 3 is 1.67 bits per heavy atom. The Morgan fingerprint density at radius 2 is 1.47 bits per heavy atom. The summed E-state index contributed by atoms with van der Waals surface area (Å²) in [4.78, 5) is 0. The first-order valence-corrected chi connectivity index (χ1v) is 10.1. The largest absolute Gasteiger partial charge is 0.418 e. The van der Waals surface area contributed by atoms with E-state index in [9.17, 15) is 5.11 Å². The molecule has 1 atom stereocenters. The van der Waals surface area contributed by atoms with E-state index in [1.54, 1.807) is 21.3 Å². The fourth-order valence-electron chi connectivity index (χ4n) is 1.71. The summed E-state index contributed by atoms with van der Waals surface area (Å²) in [6, 6.07) is 1.78. The van der Waals surface area contributed by atoms with Crippen molar-refractivity contribution >= 4 is 16.9 Å². The van der Waals surface area contributed by atoms with Crippen LogP contribution >= 0.6 is 0 Å². The van der Waals surface area contributed by atoms with Crippen LogP contribution in [0, 0.1) is 0 Å². The molecule has 0 aromatic carbocycles. The Kier molecular flexibility index (Phi) is 6.89. The van der Waals surface area contributed by atoms with Gasteiger partial charge in [-0.3, -0.25) is 0 Å². The van der Waals surface area contributed by atoms with Crippen LogP contribution in [0.2, 0.25) is 17.8 Å². The zero-order valence-electron chi connectivity index (χ0n) is 10.5. The van der Waals surface area contributed by atoms with Crippen LogP contribution in [0.5, 0.6) is 0 Å². The van der Waals surface area contributed by atoms with Crippen LogP contribution in [0.4, 0.5) is 0 Å². The van der Waals surface area contributed by atoms with Gasteiger partial charge in [-0.25, -0.2) is 0 Å². The average molecular weight is 252 g/mol. The third-order valence-corrected chi connectivity index (χ3v) is 13.3. The third kappa shape index (κ3) is 3.65. The molecule has 0 fully saturated rings. The van der Waals surface area contributed by atoms with Crippen LogP contribution in [-0.4, -0.2) is 49.5 Å². The summed E-state index contributed by atoms with van der Waals surface area (Å²) in [5.41, 5.74) is 0.799. The van der Waals surface area contributed by atoms with E-state index in [2.05, 4.69) is 13.8 Å². The molecule has 0 aliphatic carbocycles. The van der Waals surface area contributed by atoms with Gasteiger partial charge in [0.25, 0.3) is 0 Å². The third-order valence-electron chi connectivity index (χ3n) is 3.24. The summed E-state index contributed by atoms with van der Waals surface area (Å²) in [7, 11) is 0.890. The molecule has 0 amide bonds. The summed E-state index contributed by atoms with van der Waals surface area (Å²) < 4.78 is 16.7. The molecule has 6 heteroatoms. The molecule has 0 radical (unpaired) electrons. The van der Waals surface area contributed by atoms with Crippen molar-refractivity contribution in [2.45, 2.75) is 31.6 Å². The van der Waals surface area contributed by atoms with Crippen LogP contribution in [-0.2, 0) is 13.3 Å². The smallest absolute Gasteiger partial charge is 0.336 e. The minimum absolute atomic E-state index is 0.140. The van der Waals surface area contributed by atoms with E-state index < -0.39 is 16.9 Å². The van der Waals surface area contributed by atoms with E-state index in [1.165, 1.54) is 0 Å². The first-order valence-electron chi connectivity index (χ1n) is 5.34. The summed E-state index contributed by atoms with van der Waals surface area (Å²) in [6.07, 6.45) is 0.140. The zero-order valence-corrected chi connectivity index (χ0v) is 12.5. The highest BCUT2D eigenvalue weighted by molar-refractivity contribution is 6.89. The molecule has 0 spiro atoms. The van der Waals surface area contributed by atoms with E-state index in [4.69, 9.17) is 13.3 Å². The molecule has 0 rings (SSSR count). The molecular weight excluding hydrogens is 228 g/mol. The number of hydrogen-bond donors (Lipinski definition) is 1. The van der Waals surface area contributed by atoms with Crippen molar-refractivity contribution in [1.29, 1.82) is 0 Å². The highest BCUT2D eigenvalue weighted by Crippen LogP contribution is 2.27. The zero-order chi connectivity index (χ0) is 11.9. The van der Waals surface area contributed by atoms with Crippen molar-refractivity contribution in [2.24, 2.45) is 0 Å². The Labute approximate surface area is 94.9 Å². The molecule has 0 bridgehead atoms. The van der Waals surface area contributed by atoms with Gasteiger partial charge in [0.1, 0.15) is 0 Å². The first kappa shape index (κ1) is 15.3. The lowest BCUT2D eigenvalue weighted by Crippen LogP contribution is -2.53. The van der Waals surface area contributed by atoms with E-state index in [0.717, 1.165) is 17.8 Å². The molecule has 4 nitrogen and oxygen atoms in total. The van der Waals surface area contributed by atoms with Gasteiger partial charge < -0.3 is 18.4 Å². The van der Waals surface area contributed by atoms with Gasteiger partial charge in [0.15, 0.2) is 0 Å². The van der Waals surface area contributed by atoms with Crippen molar-refractivity contribution in [2.75, 3.05) is 27.6 Å². The standard InChI is InChI=1S/C9H24O4Si2/c1-6-14(8-10,11-3)9-15(7-2,12-4)13-5/h10H,6-9H2,1-5H3. The van der Waals surface area contributed by atoms with Gasteiger partial charge >= 0.3 is 8.56 Å². The molecule has 15 heavy (non-hydrogen) atoms. The van der Waals surface area contributed by atoms with Crippen molar-refractivity contribution in [3.8, 4) is 0 Å². The summed E-state index contributed by atoms with van der Waals surface area (Å²) in [5, 5.41) is 9.47. The van der Waals surface area contributed by atoms with E-state index in [1.807, 2.05) is 0 Å². The molecule has 92 valence electrons. The Morgan fingerprint density at radius 1 is 0.933 bits per heavy atom. The van der Waals surface area contributed by atoms with Gasteiger partial charge in [0.2, 0.25) is 8.32 Å². The van der Waals surface area contributed by atoms with Crippen molar-refractivity contribution in [1.82, 2.24) is 0 Å². The number of hydrogen-bond acceptors (Lipinski definition) is 4. The highest BCUT2D eigenvalue weighted by Gasteiger charge is 2.45. The van der Waals surface area contributed by atoms with Gasteiger partial charge in [-0.1, -0.05) is 13.8 Å². The summed E-state index contributed by atoms with van der Waals surface area (Å²) >= 11 is 0. The summed E-state index contributed by atoms with van der Waals surface area (Å²) in [5.74, 6) is 0. The van der Waals surface area contributed by atoms with Crippen LogP contribution in [0.1, 0.15) is 13.8 Å². The van der Waals surface area contributed by atoms with Crippen LogP contribution in [0.3, 0.4) is 0 Å². The molecule has 0 heterocycles. The molecule has 0 aliphatic rings. The fraction of sp³-hybridized carbons (Fsp3) is 1.00. The van der Waals surface area contributed by atoms with Crippen molar-refractivity contribution in [3.63, 3.8) is 0 Å². The normalized spacial score (nSPS) is 16.4. The quantitative estimate of drug-likeness (QED) is 0.664. The Balaban J connectivity index is 4.74. The molecular formula is C9H24O4Si2. The van der Waals surface area contributed by atoms with Crippen molar-refractivity contribution in [3.05, 3.63) is 0 Å². The maximum Gasteiger partial charge on any atom is 0.336 e. The second-order valence-electron chi connectivity index (χ2n) is 3.75. The van der Waals surface area contributed by atoms with Gasteiger partial charge in [-0.2, -0.15) is 0 Å². The fourth-order valence-corrected chi connectivity index (χ4v) is 11.2. The van der Waals surface area contributed by atoms with Gasteiger partial charge in [0.05, 0.1) is 6.23 Å². The lowest BCUT2D eigenvalue weighted by Gasteiger charge is -2.35. The van der Waals surface area contributed by atoms with Crippen LogP contribution < -0.4 is 0 Å². The number of rotatable bonds is 8. The number of aliphatic hydroxyl groups excluding tert-OH is 1. The van der Waals surface area contributed by atoms with E-state index in [-0.39, 0.29) is 6.23 Å². The molecule has 0 aromatic heterocycles. The molecule has 1 unspecified atom stereocenters. The molecule has 0 aliphatic heterocycles.